The van der Waals surface area contributed by atoms with Gasteiger partial charge in [0, 0.05) is 6.42 Å². The van der Waals surface area contributed by atoms with Crippen LogP contribution in [0.1, 0.15) is 6.42 Å². The molecular weight excluding hydrogens is 158 g/mol. The summed E-state index contributed by atoms with van der Waals surface area (Å²) >= 11 is 6.84. The molecule has 0 aliphatic carbocycles. The fourth-order valence-corrected chi connectivity index (χ4v) is 0.563. The van der Waals surface area contributed by atoms with Crippen LogP contribution in [0.5, 0.6) is 0 Å². The molecule has 0 fully saturated rings. The van der Waals surface area contributed by atoms with E-state index in [0.29, 0.717) is 0 Å². The molecule has 0 amide bonds. The van der Waals surface area contributed by atoms with Crippen molar-refractivity contribution in [1.29, 1.82) is 0 Å². The van der Waals surface area contributed by atoms with Crippen molar-refractivity contribution in [2.45, 2.75) is 12.5 Å². The normalized spacial score (nSPS) is 12.8. The lowest BCUT2D eigenvalue weighted by Crippen LogP contribution is -2.28. The quantitative estimate of drug-likeness (QED) is 0.499. The van der Waals surface area contributed by atoms with Gasteiger partial charge in [-0.1, -0.05) is 0 Å². The number of carbonyl (C=O) groups is 2. The zero-order chi connectivity index (χ0) is 7.44. The van der Waals surface area contributed by atoms with Crippen molar-refractivity contribution in [2.75, 3.05) is 0 Å². The second kappa shape index (κ2) is 3.92. The van der Waals surface area contributed by atoms with E-state index in [9.17, 15) is 9.59 Å². The lowest BCUT2D eigenvalue weighted by atomic mass is 10.3. The fraction of sp³-hybridized carbons (Fsp3) is 0.500. The number of thiol groups is 2. The Morgan fingerprint density at radius 2 is 1.89 bits per heavy atom. The van der Waals surface area contributed by atoms with Crippen LogP contribution in [0.4, 0.5) is 0 Å². The van der Waals surface area contributed by atoms with Gasteiger partial charge in [-0.25, -0.2) is 0 Å². The summed E-state index contributed by atoms with van der Waals surface area (Å²) in [5.74, 6) is 0. The minimum atomic E-state index is -0.807. The highest BCUT2D eigenvalue weighted by Gasteiger charge is 2.10. The summed E-state index contributed by atoms with van der Waals surface area (Å²) in [5.41, 5.74) is 5.12. The molecule has 0 rings (SSSR count). The Balaban J connectivity index is 3.63. The van der Waals surface area contributed by atoms with E-state index in [0.717, 1.165) is 0 Å². The molecule has 0 radical (unpaired) electrons. The third kappa shape index (κ3) is 4.50. The molecular formula is C4H7NO2S2. The van der Waals surface area contributed by atoms with E-state index < -0.39 is 16.3 Å². The van der Waals surface area contributed by atoms with Gasteiger partial charge in [-0.15, -0.1) is 25.3 Å². The molecule has 0 saturated carbocycles. The largest absolute Gasteiger partial charge is 0.320 e. The molecule has 52 valence electrons. The highest BCUT2D eigenvalue weighted by molar-refractivity contribution is 7.97. The predicted octanol–water partition coefficient (Wildman–Crippen LogP) is -0.383. The molecule has 0 aromatic rings. The van der Waals surface area contributed by atoms with Crippen molar-refractivity contribution in [2.24, 2.45) is 5.73 Å². The molecule has 5 heteroatoms. The summed E-state index contributed by atoms with van der Waals surface area (Å²) in [6.45, 7) is 0. The Labute approximate surface area is 63.8 Å². The average molecular weight is 165 g/mol. The lowest BCUT2D eigenvalue weighted by Gasteiger charge is -2.00. The first-order valence-corrected chi connectivity index (χ1v) is 3.13. The van der Waals surface area contributed by atoms with Crippen LogP contribution in [0.25, 0.3) is 0 Å². The van der Waals surface area contributed by atoms with Crippen LogP contribution in [0, 0.1) is 0 Å². The molecule has 0 bridgehead atoms. The number of hydrogen-bond donors (Lipinski definition) is 3. The summed E-state index contributed by atoms with van der Waals surface area (Å²) in [7, 11) is 0. The van der Waals surface area contributed by atoms with Crippen LogP contribution in [0.2, 0.25) is 0 Å². The smallest absolute Gasteiger partial charge is 0.203 e. The number of carbonyl (C=O) groups excluding carboxylic acids is 2. The first kappa shape index (κ1) is 9.00. The van der Waals surface area contributed by atoms with Crippen LogP contribution in [0.15, 0.2) is 0 Å². The molecule has 2 N–H and O–H groups in total. The highest BCUT2D eigenvalue weighted by Crippen LogP contribution is 1.96. The summed E-state index contributed by atoms with van der Waals surface area (Å²) in [4.78, 5) is 20.4. The number of hydrogen-bond acceptors (Lipinski definition) is 3. The molecule has 9 heavy (non-hydrogen) atoms. The minimum absolute atomic E-state index is 0.0502. The van der Waals surface area contributed by atoms with Gasteiger partial charge in [-0.05, 0) is 0 Å². The SMILES string of the molecule is N[C@@H](CC(=O)S)C(=O)S. The summed E-state index contributed by atoms with van der Waals surface area (Å²) < 4.78 is 0. The molecule has 0 aliphatic rings. The Kier molecular flexibility index (Phi) is 3.92. The van der Waals surface area contributed by atoms with Gasteiger partial charge in [0.25, 0.3) is 0 Å². The minimum Gasteiger partial charge on any atom is -0.320 e. The number of nitrogens with two attached hydrogens (primary N) is 1. The first-order chi connectivity index (χ1) is 4.04. The number of rotatable bonds is 3. The van der Waals surface area contributed by atoms with Gasteiger partial charge >= 0.3 is 0 Å². The van der Waals surface area contributed by atoms with Gasteiger partial charge in [-0.2, -0.15) is 0 Å². The lowest BCUT2D eigenvalue weighted by molar-refractivity contribution is -0.116. The Morgan fingerprint density at radius 3 is 2.00 bits per heavy atom. The highest BCUT2D eigenvalue weighted by atomic mass is 32.1. The monoisotopic (exact) mass is 165 g/mol. The Hall–Kier alpha value is -0.0000000000000000555. The summed E-state index contributed by atoms with van der Waals surface area (Å²) in [6, 6.07) is -0.807. The van der Waals surface area contributed by atoms with Crippen LogP contribution in [-0.2, 0) is 9.59 Å². The standard InChI is InChI=1S/C4H7NO2S2/c5-2(4(7)9)1-3(6)8/h2H,1,5H2,(H,6,8)(H,7,9)/t2-/m0/s1. The summed E-state index contributed by atoms with van der Waals surface area (Å²) in [5, 5.41) is -0.887. The van der Waals surface area contributed by atoms with Crippen LogP contribution >= 0.6 is 25.3 Å². The third-order valence-corrected chi connectivity index (χ3v) is 1.23. The zero-order valence-electron chi connectivity index (χ0n) is 4.57. The Morgan fingerprint density at radius 1 is 1.44 bits per heavy atom. The molecule has 0 unspecified atom stereocenters. The van der Waals surface area contributed by atoms with Crippen molar-refractivity contribution in [3.63, 3.8) is 0 Å². The Bertz CT molecular complexity index is 137. The van der Waals surface area contributed by atoms with E-state index in [-0.39, 0.29) is 6.42 Å². The van der Waals surface area contributed by atoms with Gasteiger partial charge < -0.3 is 5.73 Å². The maximum Gasteiger partial charge on any atom is 0.203 e. The predicted molar refractivity (Wildman–Crippen MR) is 40.6 cm³/mol. The van der Waals surface area contributed by atoms with Crippen LogP contribution in [0.3, 0.4) is 0 Å². The summed E-state index contributed by atoms with van der Waals surface area (Å²) in [6.07, 6.45) is -0.0502. The second-order valence-corrected chi connectivity index (χ2v) is 2.48. The first-order valence-electron chi connectivity index (χ1n) is 2.24. The molecule has 3 nitrogen and oxygen atoms in total. The fourth-order valence-electron chi connectivity index (χ4n) is 0.275. The average Bonchev–Trinajstić information content (AvgIpc) is 1.63. The molecule has 0 heterocycles. The zero-order valence-corrected chi connectivity index (χ0v) is 6.36. The van der Waals surface area contributed by atoms with Crippen molar-refractivity contribution < 1.29 is 9.59 Å². The van der Waals surface area contributed by atoms with E-state index in [1.807, 2.05) is 0 Å². The van der Waals surface area contributed by atoms with Gasteiger partial charge in [0.15, 0.2) is 5.12 Å². The van der Waals surface area contributed by atoms with E-state index in [1.165, 1.54) is 0 Å². The molecule has 0 aliphatic heterocycles. The van der Waals surface area contributed by atoms with E-state index in [4.69, 9.17) is 5.73 Å². The van der Waals surface area contributed by atoms with Crippen LogP contribution < -0.4 is 5.73 Å². The maximum atomic E-state index is 10.2. The van der Waals surface area contributed by atoms with Gasteiger partial charge in [0.1, 0.15) is 0 Å². The van der Waals surface area contributed by atoms with Crippen molar-refractivity contribution in [3.8, 4) is 0 Å². The van der Waals surface area contributed by atoms with Crippen LogP contribution in [-0.4, -0.2) is 16.3 Å². The molecule has 1 atom stereocenters. The van der Waals surface area contributed by atoms with E-state index in [1.54, 1.807) is 0 Å². The molecule has 0 spiro atoms. The van der Waals surface area contributed by atoms with Gasteiger partial charge in [0.2, 0.25) is 5.12 Å². The maximum absolute atomic E-state index is 10.2. The molecule has 0 saturated heterocycles. The van der Waals surface area contributed by atoms with Gasteiger partial charge in [0.05, 0.1) is 6.04 Å². The molecule has 0 aromatic carbocycles. The van der Waals surface area contributed by atoms with Gasteiger partial charge in [-0.3, -0.25) is 9.59 Å². The molecule has 0 aromatic heterocycles. The third-order valence-electron chi connectivity index (χ3n) is 0.712. The van der Waals surface area contributed by atoms with Crippen molar-refractivity contribution in [1.82, 2.24) is 0 Å². The second-order valence-electron chi connectivity index (χ2n) is 1.54. The van der Waals surface area contributed by atoms with E-state index in [2.05, 4.69) is 25.3 Å². The van der Waals surface area contributed by atoms with Crippen molar-refractivity contribution >= 4 is 35.5 Å². The van der Waals surface area contributed by atoms with Crippen molar-refractivity contribution in [3.05, 3.63) is 0 Å². The van der Waals surface area contributed by atoms with E-state index >= 15 is 0 Å². The topological polar surface area (TPSA) is 60.2 Å².